The second-order valence-electron chi connectivity index (χ2n) is 16.1. The van der Waals surface area contributed by atoms with Gasteiger partial charge in [-0.1, -0.05) is 199 Å². The number of esters is 1. The third-order valence-corrected chi connectivity index (χ3v) is 10.8. The molecule has 0 aromatic carbocycles. The number of hydrogen-bond donors (Lipinski definition) is 3. The highest BCUT2D eigenvalue weighted by molar-refractivity contribution is 5.76. The van der Waals surface area contributed by atoms with E-state index in [-0.39, 0.29) is 18.5 Å². The minimum Gasteiger partial charge on any atom is -0.466 e. The maximum atomic E-state index is 12.4. The number of ether oxygens (including phenoxy) is 1. The Hall–Kier alpha value is -1.40. The van der Waals surface area contributed by atoms with E-state index in [0.717, 1.165) is 83.5 Å². The number of aliphatic hydroxyl groups is 2. The molecule has 0 aliphatic rings. The molecule has 53 heavy (non-hydrogen) atoms. The molecule has 0 bridgehead atoms. The zero-order valence-corrected chi connectivity index (χ0v) is 35.5. The van der Waals surface area contributed by atoms with Gasteiger partial charge in [-0.15, -0.1) is 0 Å². The molecular formula is C47H91NO5. The average molecular weight is 750 g/mol. The van der Waals surface area contributed by atoms with Crippen LogP contribution in [0.25, 0.3) is 0 Å². The van der Waals surface area contributed by atoms with Crippen molar-refractivity contribution in [3.05, 3.63) is 12.2 Å². The molecule has 1 amide bonds. The second-order valence-corrected chi connectivity index (χ2v) is 16.1. The number of hydrogen-bond acceptors (Lipinski definition) is 5. The van der Waals surface area contributed by atoms with Crippen molar-refractivity contribution in [1.82, 2.24) is 5.32 Å². The third-order valence-electron chi connectivity index (χ3n) is 10.8. The smallest absolute Gasteiger partial charge is 0.305 e. The first-order chi connectivity index (χ1) is 26.0. The van der Waals surface area contributed by atoms with Crippen LogP contribution in [-0.2, 0) is 14.3 Å². The summed E-state index contributed by atoms with van der Waals surface area (Å²) in [6.07, 6.45) is 47.4. The van der Waals surface area contributed by atoms with Crippen molar-refractivity contribution in [2.24, 2.45) is 0 Å². The van der Waals surface area contributed by atoms with Gasteiger partial charge < -0.3 is 20.3 Å². The van der Waals surface area contributed by atoms with Crippen LogP contribution >= 0.6 is 0 Å². The standard InChI is InChI=1S/C47H91NO5/c1-3-5-7-9-11-13-15-16-17-21-25-29-33-37-41-47(52)53-42-38-34-30-26-22-18-20-24-28-32-36-40-46(51)48-44(43-49)45(50)39-35-31-27-23-19-14-12-10-8-6-4-2/h22,26,44-45,49-50H,3-21,23-25,27-43H2,1-2H3,(H,48,51)/b26-22-. The molecule has 6 nitrogen and oxygen atoms in total. The zero-order valence-electron chi connectivity index (χ0n) is 35.5. The molecule has 0 heterocycles. The number of carbonyl (C=O) groups excluding carboxylic acids is 2. The van der Waals surface area contributed by atoms with Crippen LogP contribution in [0, 0.1) is 0 Å². The molecule has 0 saturated heterocycles. The molecule has 0 spiro atoms. The summed E-state index contributed by atoms with van der Waals surface area (Å²) in [5.74, 6) is -0.0944. The van der Waals surface area contributed by atoms with E-state index in [0.29, 0.717) is 25.9 Å². The van der Waals surface area contributed by atoms with Crippen LogP contribution in [0.1, 0.15) is 251 Å². The maximum Gasteiger partial charge on any atom is 0.305 e. The Labute approximate surface area is 329 Å². The minimum absolute atomic E-state index is 0.0294. The van der Waals surface area contributed by atoms with Crippen molar-refractivity contribution >= 4 is 11.9 Å². The number of nitrogens with one attached hydrogen (secondary N) is 1. The highest BCUT2D eigenvalue weighted by Gasteiger charge is 2.20. The predicted molar refractivity (Wildman–Crippen MR) is 227 cm³/mol. The van der Waals surface area contributed by atoms with E-state index in [1.807, 2.05) is 0 Å². The SMILES string of the molecule is CCCCCCCCCCCCCCCCC(=O)OCCCC/C=C\CCCCCCCC(=O)NC(CO)C(O)CCCCCCCCCCCCC. The fourth-order valence-corrected chi connectivity index (χ4v) is 7.16. The van der Waals surface area contributed by atoms with Crippen LogP contribution in [0.4, 0.5) is 0 Å². The topological polar surface area (TPSA) is 95.9 Å². The van der Waals surface area contributed by atoms with Crippen molar-refractivity contribution in [3.63, 3.8) is 0 Å². The van der Waals surface area contributed by atoms with Crippen LogP contribution in [0.3, 0.4) is 0 Å². The molecule has 0 rings (SSSR count). The average Bonchev–Trinajstić information content (AvgIpc) is 3.16. The zero-order chi connectivity index (χ0) is 38.7. The number of rotatable bonds is 43. The molecule has 0 aromatic rings. The number of aliphatic hydroxyl groups excluding tert-OH is 2. The summed E-state index contributed by atoms with van der Waals surface area (Å²) in [6, 6.07) is -0.559. The summed E-state index contributed by atoms with van der Waals surface area (Å²) in [7, 11) is 0. The van der Waals surface area contributed by atoms with E-state index in [2.05, 4.69) is 31.3 Å². The number of unbranched alkanes of at least 4 members (excludes halogenated alkanes) is 30. The second kappa shape index (κ2) is 43.3. The largest absolute Gasteiger partial charge is 0.466 e. The first-order valence-electron chi connectivity index (χ1n) is 23.4. The predicted octanol–water partition coefficient (Wildman–Crippen LogP) is 13.4. The fourth-order valence-electron chi connectivity index (χ4n) is 7.16. The molecule has 2 unspecified atom stereocenters. The summed E-state index contributed by atoms with van der Waals surface area (Å²) in [5, 5.41) is 23.1. The molecular weight excluding hydrogens is 659 g/mol. The molecule has 314 valence electrons. The summed E-state index contributed by atoms with van der Waals surface area (Å²) in [5.41, 5.74) is 0. The minimum atomic E-state index is -0.679. The normalized spacial score (nSPS) is 12.8. The molecule has 0 aliphatic heterocycles. The lowest BCUT2D eigenvalue weighted by molar-refractivity contribution is -0.143. The number of amides is 1. The van der Waals surface area contributed by atoms with Crippen LogP contribution in [0.5, 0.6) is 0 Å². The highest BCUT2D eigenvalue weighted by atomic mass is 16.5. The summed E-state index contributed by atoms with van der Waals surface area (Å²) < 4.78 is 5.43. The first kappa shape index (κ1) is 51.6. The molecule has 3 N–H and O–H groups in total. The monoisotopic (exact) mass is 750 g/mol. The lowest BCUT2D eigenvalue weighted by atomic mass is 10.0. The Morgan fingerprint density at radius 1 is 0.509 bits per heavy atom. The Morgan fingerprint density at radius 2 is 0.887 bits per heavy atom. The van der Waals surface area contributed by atoms with Gasteiger partial charge in [-0.05, 0) is 51.4 Å². The van der Waals surface area contributed by atoms with Crippen LogP contribution in [-0.4, -0.2) is 47.4 Å². The number of carbonyl (C=O) groups is 2. The number of allylic oxidation sites excluding steroid dienone is 2. The maximum absolute atomic E-state index is 12.4. The van der Waals surface area contributed by atoms with Crippen LogP contribution in [0.15, 0.2) is 12.2 Å². The Bertz CT molecular complexity index is 787. The lowest BCUT2D eigenvalue weighted by Crippen LogP contribution is -2.45. The Balaban J connectivity index is 3.50. The first-order valence-corrected chi connectivity index (χ1v) is 23.4. The van der Waals surface area contributed by atoms with E-state index in [1.54, 1.807) is 0 Å². The van der Waals surface area contributed by atoms with Crippen LogP contribution in [0.2, 0.25) is 0 Å². The van der Waals surface area contributed by atoms with Crippen molar-refractivity contribution in [1.29, 1.82) is 0 Å². The Kier molecular flexibility index (Phi) is 42.2. The van der Waals surface area contributed by atoms with E-state index < -0.39 is 12.1 Å². The summed E-state index contributed by atoms with van der Waals surface area (Å²) >= 11 is 0. The van der Waals surface area contributed by atoms with Gasteiger partial charge in [-0.3, -0.25) is 9.59 Å². The van der Waals surface area contributed by atoms with Gasteiger partial charge in [0.1, 0.15) is 0 Å². The molecule has 0 saturated carbocycles. The quantitative estimate of drug-likeness (QED) is 0.0328. The van der Waals surface area contributed by atoms with E-state index >= 15 is 0 Å². The van der Waals surface area contributed by atoms with Crippen molar-refractivity contribution in [2.75, 3.05) is 13.2 Å². The lowest BCUT2D eigenvalue weighted by Gasteiger charge is -2.22. The summed E-state index contributed by atoms with van der Waals surface area (Å²) in [6.45, 7) is 4.86. The van der Waals surface area contributed by atoms with E-state index in [9.17, 15) is 19.8 Å². The Morgan fingerprint density at radius 3 is 1.34 bits per heavy atom. The third kappa shape index (κ3) is 40.1. The van der Waals surface area contributed by atoms with E-state index in [1.165, 1.54) is 135 Å². The molecule has 0 aliphatic carbocycles. The van der Waals surface area contributed by atoms with Gasteiger partial charge in [0.15, 0.2) is 0 Å². The summed E-state index contributed by atoms with van der Waals surface area (Å²) in [4.78, 5) is 24.4. The van der Waals surface area contributed by atoms with Crippen molar-refractivity contribution < 1.29 is 24.5 Å². The molecule has 0 fully saturated rings. The van der Waals surface area contributed by atoms with Gasteiger partial charge in [-0.25, -0.2) is 0 Å². The molecule has 0 radical (unpaired) electrons. The highest BCUT2D eigenvalue weighted by Crippen LogP contribution is 2.16. The molecule has 6 heteroatoms. The van der Waals surface area contributed by atoms with E-state index in [4.69, 9.17) is 4.74 Å². The van der Waals surface area contributed by atoms with Gasteiger partial charge in [0.25, 0.3) is 0 Å². The van der Waals surface area contributed by atoms with Crippen molar-refractivity contribution in [3.8, 4) is 0 Å². The van der Waals surface area contributed by atoms with Gasteiger partial charge >= 0.3 is 5.97 Å². The molecule has 2 atom stereocenters. The van der Waals surface area contributed by atoms with Gasteiger partial charge in [0.2, 0.25) is 5.91 Å². The van der Waals surface area contributed by atoms with Crippen LogP contribution < -0.4 is 5.32 Å². The van der Waals surface area contributed by atoms with Gasteiger partial charge in [-0.2, -0.15) is 0 Å². The van der Waals surface area contributed by atoms with Gasteiger partial charge in [0, 0.05) is 12.8 Å². The van der Waals surface area contributed by atoms with Gasteiger partial charge in [0.05, 0.1) is 25.4 Å². The molecule has 0 aromatic heterocycles. The van der Waals surface area contributed by atoms with Crippen molar-refractivity contribution in [2.45, 2.75) is 264 Å². The fraction of sp³-hybridized carbons (Fsp3) is 0.915.